The normalized spacial score (nSPS) is 17.7. The lowest BCUT2D eigenvalue weighted by molar-refractivity contribution is 0.0178. The van der Waals surface area contributed by atoms with Crippen LogP contribution < -0.4 is 5.32 Å². The Kier molecular flexibility index (Phi) is 11.2. The van der Waals surface area contributed by atoms with Gasteiger partial charge in [-0.15, -0.1) is 0 Å². The van der Waals surface area contributed by atoms with Gasteiger partial charge in [0.25, 0.3) is 0 Å². The molecule has 1 heterocycles. The third kappa shape index (κ3) is 8.87. The fourth-order valence-electron chi connectivity index (χ4n) is 2.37. The third-order valence-electron chi connectivity index (χ3n) is 3.63. The van der Waals surface area contributed by atoms with Gasteiger partial charge in [-0.2, -0.15) is 0 Å². The minimum Gasteiger partial charge on any atom is -0.382 e. The van der Waals surface area contributed by atoms with Gasteiger partial charge in [0, 0.05) is 19.7 Å². The summed E-state index contributed by atoms with van der Waals surface area (Å²) in [6.45, 7) is 10.2. The zero-order valence-corrected chi connectivity index (χ0v) is 13.2. The van der Waals surface area contributed by atoms with Crippen molar-refractivity contribution in [2.75, 3.05) is 66.3 Å². The van der Waals surface area contributed by atoms with Gasteiger partial charge >= 0.3 is 0 Å². The predicted octanol–water partition coefficient (Wildman–Crippen LogP) is 1.13. The summed E-state index contributed by atoms with van der Waals surface area (Å²) in [6, 6.07) is 0.723. The molecular weight excluding hydrogens is 256 g/mol. The number of nitrogens with zero attached hydrogens (tertiary/aromatic N) is 1. The molecule has 0 atom stereocenters. The highest BCUT2D eigenvalue weighted by Crippen LogP contribution is 2.09. The number of nitrogens with one attached hydrogen (secondary N) is 1. The summed E-state index contributed by atoms with van der Waals surface area (Å²) >= 11 is 0. The smallest absolute Gasteiger partial charge is 0.0701 e. The number of hydrogen-bond acceptors (Lipinski definition) is 5. The zero-order valence-electron chi connectivity index (χ0n) is 13.2. The van der Waals surface area contributed by atoms with Crippen molar-refractivity contribution in [3.63, 3.8) is 0 Å². The van der Waals surface area contributed by atoms with E-state index in [-0.39, 0.29) is 0 Å². The molecule has 5 nitrogen and oxygen atoms in total. The van der Waals surface area contributed by atoms with Gasteiger partial charge < -0.3 is 24.4 Å². The Bertz CT molecular complexity index is 209. The molecule has 0 radical (unpaired) electrons. The molecular formula is C15H32N2O3. The first-order chi connectivity index (χ1) is 9.86. The van der Waals surface area contributed by atoms with E-state index >= 15 is 0 Å². The topological polar surface area (TPSA) is 43.0 Å². The lowest BCUT2D eigenvalue weighted by Crippen LogP contribution is -2.43. The first kappa shape index (κ1) is 17.9. The van der Waals surface area contributed by atoms with E-state index in [1.165, 1.54) is 32.4 Å². The van der Waals surface area contributed by atoms with E-state index in [0.717, 1.165) is 25.7 Å². The van der Waals surface area contributed by atoms with E-state index in [9.17, 15) is 0 Å². The van der Waals surface area contributed by atoms with Crippen molar-refractivity contribution >= 4 is 0 Å². The van der Waals surface area contributed by atoms with Crippen LogP contribution in [0.4, 0.5) is 0 Å². The molecule has 0 saturated carbocycles. The number of likely N-dealkylation sites (tertiary alicyclic amines) is 1. The third-order valence-corrected chi connectivity index (χ3v) is 3.63. The highest BCUT2D eigenvalue weighted by molar-refractivity contribution is 4.76. The molecule has 0 aromatic heterocycles. The molecule has 0 spiro atoms. The lowest BCUT2D eigenvalue weighted by atomic mass is 10.1. The number of methoxy groups -OCH3 is 1. The predicted molar refractivity (Wildman–Crippen MR) is 81.3 cm³/mol. The zero-order chi connectivity index (χ0) is 14.5. The SMILES string of the molecule is CCCNC1CCN(CCOCCOCCOC)CC1. The van der Waals surface area contributed by atoms with Gasteiger partial charge in [0.15, 0.2) is 0 Å². The van der Waals surface area contributed by atoms with Crippen LogP contribution in [0.3, 0.4) is 0 Å². The van der Waals surface area contributed by atoms with E-state index in [4.69, 9.17) is 14.2 Å². The summed E-state index contributed by atoms with van der Waals surface area (Å²) < 4.78 is 15.8. The Morgan fingerprint density at radius 2 is 1.65 bits per heavy atom. The second kappa shape index (κ2) is 12.5. The summed E-state index contributed by atoms with van der Waals surface area (Å²) in [4.78, 5) is 2.50. The highest BCUT2D eigenvalue weighted by Gasteiger charge is 2.17. The van der Waals surface area contributed by atoms with Crippen molar-refractivity contribution in [3.05, 3.63) is 0 Å². The maximum Gasteiger partial charge on any atom is 0.0701 e. The quantitative estimate of drug-likeness (QED) is 0.545. The number of ether oxygens (including phenoxy) is 3. The monoisotopic (exact) mass is 288 g/mol. The average molecular weight is 288 g/mol. The lowest BCUT2D eigenvalue weighted by Gasteiger charge is -2.32. The minimum absolute atomic E-state index is 0.651. The first-order valence-corrected chi connectivity index (χ1v) is 7.97. The van der Waals surface area contributed by atoms with Gasteiger partial charge in [-0.3, -0.25) is 0 Å². The Hall–Kier alpha value is -0.200. The molecule has 1 rings (SSSR count). The van der Waals surface area contributed by atoms with E-state index in [0.29, 0.717) is 26.4 Å². The maximum absolute atomic E-state index is 5.59. The molecule has 0 amide bonds. The first-order valence-electron chi connectivity index (χ1n) is 7.97. The second-order valence-corrected chi connectivity index (χ2v) is 5.29. The molecule has 1 saturated heterocycles. The van der Waals surface area contributed by atoms with Crippen LogP contribution in [0.2, 0.25) is 0 Å². The molecule has 0 bridgehead atoms. The Morgan fingerprint density at radius 3 is 2.30 bits per heavy atom. The van der Waals surface area contributed by atoms with Crippen LogP contribution in [-0.4, -0.2) is 77.3 Å². The molecule has 0 unspecified atom stereocenters. The van der Waals surface area contributed by atoms with Crippen LogP contribution in [0.25, 0.3) is 0 Å². The van der Waals surface area contributed by atoms with Crippen molar-refractivity contribution in [3.8, 4) is 0 Å². The minimum atomic E-state index is 0.651. The summed E-state index contributed by atoms with van der Waals surface area (Å²) in [7, 11) is 1.68. The van der Waals surface area contributed by atoms with Gasteiger partial charge in [-0.25, -0.2) is 0 Å². The van der Waals surface area contributed by atoms with Crippen LogP contribution in [0.15, 0.2) is 0 Å². The Labute approximate surface area is 123 Å². The Balaban J connectivity index is 1.86. The van der Waals surface area contributed by atoms with Crippen molar-refractivity contribution in [2.24, 2.45) is 0 Å². The molecule has 0 aromatic rings. The summed E-state index contributed by atoms with van der Waals surface area (Å²) in [5.41, 5.74) is 0. The second-order valence-electron chi connectivity index (χ2n) is 5.29. The van der Waals surface area contributed by atoms with Gasteiger partial charge in [-0.1, -0.05) is 6.92 Å². The van der Waals surface area contributed by atoms with Crippen molar-refractivity contribution in [1.82, 2.24) is 10.2 Å². The van der Waals surface area contributed by atoms with Crippen LogP contribution in [0.1, 0.15) is 26.2 Å². The van der Waals surface area contributed by atoms with Gasteiger partial charge in [-0.05, 0) is 38.9 Å². The summed E-state index contributed by atoms with van der Waals surface area (Å²) in [6.07, 6.45) is 3.75. The van der Waals surface area contributed by atoms with E-state index in [1.807, 2.05) is 0 Å². The molecule has 1 aliphatic heterocycles. The van der Waals surface area contributed by atoms with E-state index in [1.54, 1.807) is 7.11 Å². The van der Waals surface area contributed by atoms with Gasteiger partial charge in [0.05, 0.1) is 33.0 Å². The molecule has 1 aliphatic rings. The van der Waals surface area contributed by atoms with Crippen LogP contribution in [-0.2, 0) is 14.2 Å². The summed E-state index contributed by atoms with van der Waals surface area (Å²) in [5.74, 6) is 0. The fraction of sp³-hybridized carbons (Fsp3) is 1.00. The number of piperidine rings is 1. The van der Waals surface area contributed by atoms with Crippen molar-refractivity contribution in [1.29, 1.82) is 0 Å². The van der Waals surface area contributed by atoms with E-state index < -0.39 is 0 Å². The van der Waals surface area contributed by atoms with Crippen LogP contribution >= 0.6 is 0 Å². The maximum atomic E-state index is 5.59. The number of rotatable bonds is 12. The molecule has 0 aliphatic carbocycles. The fourth-order valence-corrected chi connectivity index (χ4v) is 2.37. The Morgan fingerprint density at radius 1 is 1.00 bits per heavy atom. The molecule has 1 N–H and O–H groups in total. The van der Waals surface area contributed by atoms with Gasteiger partial charge in [0.2, 0.25) is 0 Å². The van der Waals surface area contributed by atoms with Crippen LogP contribution in [0.5, 0.6) is 0 Å². The highest BCUT2D eigenvalue weighted by atomic mass is 16.5. The molecule has 120 valence electrons. The molecule has 1 fully saturated rings. The van der Waals surface area contributed by atoms with Crippen LogP contribution in [0, 0.1) is 0 Å². The summed E-state index contributed by atoms with van der Waals surface area (Å²) in [5, 5.41) is 3.61. The standard InChI is InChI=1S/C15H32N2O3/c1-3-6-16-15-4-7-17(8-5-15)9-10-19-13-14-20-12-11-18-2/h15-16H,3-14H2,1-2H3. The van der Waals surface area contributed by atoms with Crippen molar-refractivity contribution < 1.29 is 14.2 Å². The van der Waals surface area contributed by atoms with E-state index in [2.05, 4.69) is 17.1 Å². The molecule has 0 aromatic carbocycles. The van der Waals surface area contributed by atoms with Gasteiger partial charge in [0.1, 0.15) is 0 Å². The molecule has 20 heavy (non-hydrogen) atoms. The average Bonchev–Trinajstić information content (AvgIpc) is 2.49. The van der Waals surface area contributed by atoms with Crippen molar-refractivity contribution in [2.45, 2.75) is 32.2 Å². The number of hydrogen-bond donors (Lipinski definition) is 1. The molecule has 5 heteroatoms. The largest absolute Gasteiger partial charge is 0.382 e.